The molecule has 18 heavy (non-hydrogen) atoms. The van der Waals surface area contributed by atoms with Crippen molar-refractivity contribution in [3.63, 3.8) is 0 Å². The molecule has 0 aliphatic rings. The minimum absolute atomic E-state index is 0.277. The standard InChI is InChI=1S/C14H14O3S/c1-10-3-5-11(6-4-10)13-9-12(17-2)7-8-14(13)18(15)16/h3-9H,1-2H3,(H,15,16)/p-1. The van der Waals surface area contributed by atoms with Gasteiger partial charge in [0.1, 0.15) is 5.75 Å². The van der Waals surface area contributed by atoms with E-state index in [4.69, 9.17) is 4.74 Å². The second-order valence-corrected chi connectivity index (χ2v) is 4.87. The lowest BCUT2D eigenvalue weighted by Crippen LogP contribution is -1.94. The molecular formula is C14H13O3S-. The Kier molecular flexibility index (Phi) is 3.79. The molecule has 0 N–H and O–H groups in total. The van der Waals surface area contributed by atoms with Crippen LogP contribution in [-0.4, -0.2) is 15.9 Å². The summed E-state index contributed by atoms with van der Waals surface area (Å²) in [7, 11) is 1.56. The molecule has 0 fully saturated rings. The van der Waals surface area contributed by atoms with E-state index in [1.54, 1.807) is 25.3 Å². The summed E-state index contributed by atoms with van der Waals surface area (Å²) in [5, 5.41) is 0. The molecule has 4 heteroatoms. The molecular weight excluding hydrogens is 248 g/mol. The monoisotopic (exact) mass is 261 g/mol. The van der Waals surface area contributed by atoms with Crippen molar-refractivity contribution < 1.29 is 13.5 Å². The molecule has 0 aliphatic heterocycles. The van der Waals surface area contributed by atoms with Crippen molar-refractivity contribution in [2.45, 2.75) is 11.8 Å². The Morgan fingerprint density at radius 3 is 2.33 bits per heavy atom. The minimum atomic E-state index is -2.26. The third-order valence-electron chi connectivity index (χ3n) is 2.73. The number of rotatable bonds is 3. The summed E-state index contributed by atoms with van der Waals surface area (Å²) in [5.74, 6) is 0.639. The Morgan fingerprint density at radius 2 is 1.78 bits per heavy atom. The van der Waals surface area contributed by atoms with Gasteiger partial charge in [0, 0.05) is 10.5 Å². The van der Waals surface area contributed by atoms with Gasteiger partial charge in [-0.2, -0.15) is 0 Å². The van der Waals surface area contributed by atoms with Crippen LogP contribution in [0.1, 0.15) is 5.56 Å². The fourth-order valence-electron chi connectivity index (χ4n) is 1.74. The lowest BCUT2D eigenvalue weighted by Gasteiger charge is -2.13. The normalized spacial score (nSPS) is 12.2. The van der Waals surface area contributed by atoms with Crippen LogP contribution < -0.4 is 4.74 Å². The summed E-state index contributed by atoms with van der Waals surface area (Å²) in [6.45, 7) is 1.99. The molecule has 3 nitrogen and oxygen atoms in total. The van der Waals surface area contributed by atoms with E-state index in [2.05, 4.69) is 0 Å². The third-order valence-corrected chi connectivity index (χ3v) is 3.44. The first kappa shape index (κ1) is 12.8. The lowest BCUT2D eigenvalue weighted by molar-refractivity contribution is 0.414. The molecule has 0 amide bonds. The predicted octanol–water partition coefficient (Wildman–Crippen LogP) is 2.91. The smallest absolute Gasteiger partial charge is 0.119 e. The Balaban J connectivity index is 2.59. The molecule has 0 heterocycles. The van der Waals surface area contributed by atoms with Crippen LogP contribution in [0.3, 0.4) is 0 Å². The van der Waals surface area contributed by atoms with Gasteiger partial charge in [0.25, 0.3) is 0 Å². The predicted molar refractivity (Wildman–Crippen MR) is 70.4 cm³/mol. The average molecular weight is 261 g/mol. The molecule has 0 radical (unpaired) electrons. The van der Waals surface area contributed by atoms with Crippen molar-refractivity contribution in [2.24, 2.45) is 0 Å². The molecule has 0 saturated heterocycles. The molecule has 0 spiro atoms. The average Bonchev–Trinajstić information content (AvgIpc) is 2.38. The Morgan fingerprint density at radius 1 is 1.11 bits per heavy atom. The number of hydrogen-bond acceptors (Lipinski definition) is 3. The number of benzene rings is 2. The van der Waals surface area contributed by atoms with E-state index in [-0.39, 0.29) is 4.90 Å². The lowest BCUT2D eigenvalue weighted by atomic mass is 10.0. The molecule has 2 rings (SSSR count). The van der Waals surface area contributed by atoms with Crippen LogP contribution in [0.5, 0.6) is 5.75 Å². The molecule has 0 bridgehead atoms. The quantitative estimate of drug-likeness (QED) is 0.798. The van der Waals surface area contributed by atoms with Crippen molar-refractivity contribution in [1.82, 2.24) is 0 Å². The second-order valence-electron chi connectivity index (χ2n) is 3.96. The first-order valence-corrected chi connectivity index (χ1v) is 6.53. The van der Waals surface area contributed by atoms with Gasteiger partial charge in [-0.25, -0.2) is 0 Å². The number of ether oxygens (including phenoxy) is 1. The van der Waals surface area contributed by atoms with Crippen molar-refractivity contribution in [2.75, 3.05) is 7.11 Å². The topological polar surface area (TPSA) is 49.4 Å². The molecule has 1 atom stereocenters. The van der Waals surface area contributed by atoms with E-state index < -0.39 is 11.1 Å². The van der Waals surface area contributed by atoms with E-state index >= 15 is 0 Å². The summed E-state index contributed by atoms with van der Waals surface area (Å²) < 4.78 is 27.6. The van der Waals surface area contributed by atoms with Crippen molar-refractivity contribution >= 4 is 11.1 Å². The number of hydrogen-bond donors (Lipinski definition) is 0. The SMILES string of the molecule is COc1ccc(S(=O)[O-])c(-c2ccc(C)cc2)c1. The van der Waals surface area contributed by atoms with Gasteiger partial charge in [-0.3, -0.25) is 4.21 Å². The number of aryl methyl sites for hydroxylation is 1. The molecule has 2 aromatic rings. The highest BCUT2D eigenvalue weighted by molar-refractivity contribution is 7.79. The first-order valence-electron chi connectivity index (χ1n) is 5.46. The summed E-state index contributed by atoms with van der Waals surface area (Å²) in [6, 6.07) is 12.6. The summed E-state index contributed by atoms with van der Waals surface area (Å²) in [4.78, 5) is 0.277. The van der Waals surface area contributed by atoms with Gasteiger partial charge in [0.2, 0.25) is 0 Å². The van der Waals surface area contributed by atoms with Crippen LogP contribution >= 0.6 is 0 Å². The van der Waals surface area contributed by atoms with E-state index in [0.29, 0.717) is 11.3 Å². The van der Waals surface area contributed by atoms with Gasteiger partial charge in [-0.1, -0.05) is 29.8 Å². The Bertz CT molecular complexity index is 576. The zero-order valence-electron chi connectivity index (χ0n) is 10.2. The fraction of sp³-hybridized carbons (Fsp3) is 0.143. The Labute approximate surface area is 109 Å². The third kappa shape index (κ3) is 2.60. The van der Waals surface area contributed by atoms with Crippen LogP contribution in [0.2, 0.25) is 0 Å². The van der Waals surface area contributed by atoms with E-state index in [0.717, 1.165) is 11.1 Å². The van der Waals surface area contributed by atoms with Crippen molar-refractivity contribution in [1.29, 1.82) is 0 Å². The van der Waals surface area contributed by atoms with Gasteiger partial charge >= 0.3 is 0 Å². The van der Waals surface area contributed by atoms with E-state index in [9.17, 15) is 8.76 Å². The second kappa shape index (κ2) is 5.33. The molecule has 0 aliphatic carbocycles. The molecule has 0 aromatic heterocycles. The summed E-state index contributed by atoms with van der Waals surface area (Å²) in [5.41, 5.74) is 2.65. The summed E-state index contributed by atoms with van der Waals surface area (Å²) >= 11 is -2.26. The first-order chi connectivity index (χ1) is 8.61. The van der Waals surface area contributed by atoms with Gasteiger partial charge < -0.3 is 9.29 Å². The fourth-order valence-corrected chi connectivity index (χ4v) is 2.28. The number of methoxy groups -OCH3 is 1. The molecule has 2 aromatic carbocycles. The van der Waals surface area contributed by atoms with Crippen LogP contribution in [0.4, 0.5) is 0 Å². The van der Waals surface area contributed by atoms with Gasteiger partial charge in [-0.15, -0.1) is 0 Å². The maximum absolute atomic E-state index is 11.2. The van der Waals surface area contributed by atoms with Gasteiger partial charge in [-0.05, 0) is 41.8 Å². The Hall–Kier alpha value is -1.65. The maximum atomic E-state index is 11.2. The van der Waals surface area contributed by atoms with E-state index in [1.807, 2.05) is 31.2 Å². The maximum Gasteiger partial charge on any atom is 0.119 e. The summed E-state index contributed by atoms with van der Waals surface area (Å²) in [6.07, 6.45) is 0. The largest absolute Gasteiger partial charge is 0.768 e. The molecule has 1 unspecified atom stereocenters. The van der Waals surface area contributed by atoms with Crippen LogP contribution in [0.25, 0.3) is 11.1 Å². The molecule has 94 valence electrons. The zero-order valence-corrected chi connectivity index (χ0v) is 11.0. The zero-order chi connectivity index (χ0) is 13.1. The van der Waals surface area contributed by atoms with Crippen LogP contribution in [-0.2, 0) is 11.1 Å². The highest BCUT2D eigenvalue weighted by Gasteiger charge is 2.07. The highest BCUT2D eigenvalue weighted by Crippen LogP contribution is 2.30. The van der Waals surface area contributed by atoms with Gasteiger partial charge in [0.15, 0.2) is 0 Å². The minimum Gasteiger partial charge on any atom is -0.768 e. The van der Waals surface area contributed by atoms with Crippen molar-refractivity contribution in [3.05, 3.63) is 48.0 Å². The van der Waals surface area contributed by atoms with Gasteiger partial charge in [0.05, 0.1) is 7.11 Å². The van der Waals surface area contributed by atoms with Crippen molar-refractivity contribution in [3.8, 4) is 16.9 Å². The van der Waals surface area contributed by atoms with E-state index in [1.165, 1.54) is 0 Å². The van der Waals surface area contributed by atoms with Crippen LogP contribution in [0.15, 0.2) is 47.4 Å². The molecule has 0 saturated carbocycles. The highest BCUT2D eigenvalue weighted by atomic mass is 32.2. The van der Waals surface area contributed by atoms with Crippen LogP contribution in [0, 0.1) is 6.92 Å².